The Labute approximate surface area is 183 Å². The lowest BCUT2D eigenvalue weighted by Crippen LogP contribution is -2.42. The van der Waals surface area contributed by atoms with Crippen molar-refractivity contribution in [2.45, 2.75) is 45.1 Å². The highest BCUT2D eigenvalue weighted by atomic mass is 127. The summed E-state index contributed by atoms with van der Waals surface area (Å²) in [6.07, 6.45) is 7.06. The van der Waals surface area contributed by atoms with Crippen molar-refractivity contribution in [2.75, 3.05) is 33.2 Å². The molecule has 1 amide bonds. The molecule has 1 saturated heterocycles. The third-order valence-electron chi connectivity index (χ3n) is 6.27. The molecule has 1 aliphatic carbocycles. The van der Waals surface area contributed by atoms with Gasteiger partial charge in [0.1, 0.15) is 0 Å². The molecule has 0 radical (unpaired) electrons. The third kappa shape index (κ3) is 4.78. The molecule has 4 rings (SSSR count). The van der Waals surface area contributed by atoms with Gasteiger partial charge in [0, 0.05) is 51.1 Å². The van der Waals surface area contributed by atoms with Gasteiger partial charge in [0.15, 0.2) is 5.96 Å². The van der Waals surface area contributed by atoms with Gasteiger partial charge in [-0.1, -0.05) is 12.8 Å². The van der Waals surface area contributed by atoms with E-state index in [1.807, 2.05) is 23.3 Å². The summed E-state index contributed by atoms with van der Waals surface area (Å²) in [7, 11) is 1.86. The summed E-state index contributed by atoms with van der Waals surface area (Å²) in [6, 6.07) is 2.16. The normalized spacial score (nSPS) is 24.9. The van der Waals surface area contributed by atoms with Crippen molar-refractivity contribution in [3.63, 3.8) is 0 Å². The molecule has 7 heteroatoms. The average Bonchev–Trinajstić information content (AvgIpc) is 3.30. The zero-order chi connectivity index (χ0) is 17.9. The Morgan fingerprint density at radius 2 is 2.00 bits per heavy atom. The van der Waals surface area contributed by atoms with E-state index in [9.17, 15) is 4.79 Å². The maximum atomic E-state index is 12.6. The fourth-order valence-corrected chi connectivity index (χ4v) is 5.70. The van der Waals surface area contributed by atoms with Crippen molar-refractivity contribution in [3.8, 4) is 0 Å². The molecule has 2 aliphatic heterocycles. The van der Waals surface area contributed by atoms with Crippen molar-refractivity contribution in [2.24, 2.45) is 16.8 Å². The van der Waals surface area contributed by atoms with E-state index in [1.165, 1.54) is 36.1 Å². The van der Waals surface area contributed by atoms with Gasteiger partial charge < -0.3 is 15.1 Å². The number of thiophene rings is 1. The number of hydrogen-bond donors (Lipinski definition) is 1. The molecule has 1 aromatic heterocycles. The topological polar surface area (TPSA) is 47.9 Å². The number of carbonyl (C=O) groups is 1. The van der Waals surface area contributed by atoms with Crippen molar-refractivity contribution in [3.05, 3.63) is 21.9 Å². The van der Waals surface area contributed by atoms with Crippen LogP contribution in [-0.2, 0) is 17.8 Å². The zero-order valence-electron chi connectivity index (χ0n) is 16.2. The first-order valence-electron chi connectivity index (χ1n) is 10.0. The molecular formula is C20H31IN4OS. The Morgan fingerprint density at radius 1 is 1.26 bits per heavy atom. The predicted octanol–water partition coefficient (Wildman–Crippen LogP) is 3.34. The Kier molecular flexibility index (Phi) is 7.42. The lowest BCUT2D eigenvalue weighted by molar-refractivity contribution is -0.131. The fraction of sp³-hybridized carbons (Fsp3) is 0.700. The van der Waals surface area contributed by atoms with Crippen molar-refractivity contribution in [1.29, 1.82) is 0 Å². The second-order valence-electron chi connectivity index (χ2n) is 7.87. The first-order valence-corrected chi connectivity index (χ1v) is 10.9. The minimum Gasteiger partial charge on any atom is -0.356 e. The SMILES string of the molecule is CN=C(NCCC(=O)N1CCc2sccc2C1)N1CC2CCCCC2C1.I. The Morgan fingerprint density at radius 3 is 2.70 bits per heavy atom. The van der Waals surface area contributed by atoms with Crippen LogP contribution in [-0.4, -0.2) is 54.9 Å². The van der Waals surface area contributed by atoms with Crippen LogP contribution in [0.3, 0.4) is 0 Å². The molecule has 3 aliphatic rings. The number of aliphatic imine (C=N–C) groups is 1. The van der Waals surface area contributed by atoms with E-state index in [2.05, 4.69) is 26.7 Å². The third-order valence-corrected chi connectivity index (χ3v) is 7.29. The number of carbonyl (C=O) groups excluding carboxylic acids is 1. The average molecular weight is 502 g/mol. The monoisotopic (exact) mass is 502 g/mol. The van der Waals surface area contributed by atoms with Gasteiger partial charge in [0.2, 0.25) is 5.91 Å². The van der Waals surface area contributed by atoms with E-state index >= 15 is 0 Å². The summed E-state index contributed by atoms with van der Waals surface area (Å²) < 4.78 is 0. The molecule has 2 unspecified atom stereocenters. The molecule has 1 saturated carbocycles. The molecule has 5 nitrogen and oxygen atoms in total. The smallest absolute Gasteiger partial charge is 0.224 e. The lowest BCUT2D eigenvalue weighted by atomic mass is 9.82. The van der Waals surface area contributed by atoms with E-state index in [-0.39, 0.29) is 29.9 Å². The van der Waals surface area contributed by atoms with Gasteiger partial charge in [-0.05, 0) is 48.1 Å². The van der Waals surface area contributed by atoms with Crippen molar-refractivity contribution in [1.82, 2.24) is 15.1 Å². The summed E-state index contributed by atoms with van der Waals surface area (Å²) in [5, 5.41) is 5.57. The van der Waals surface area contributed by atoms with Gasteiger partial charge in [0.25, 0.3) is 0 Å². The van der Waals surface area contributed by atoms with E-state index in [0.717, 1.165) is 50.4 Å². The van der Waals surface area contributed by atoms with Gasteiger partial charge in [-0.2, -0.15) is 0 Å². The van der Waals surface area contributed by atoms with Gasteiger partial charge in [-0.25, -0.2) is 0 Å². The second kappa shape index (κ2) is 9.58. The van der Waals surface area contributed by atoms with E-state index < -0.39 is 0 Å². The van der Waals surface area contributed by atoms with Gasteiger partial charge in [0.05, 0.1) is 0 Å². The molecule has 2 fully saturated rings. The van der Waals surface area contributed by atoms with Crippen LogP contribution in [0, 0.1) is 11.8 Å². The Hall–Kier alpha value is -0.830. The molecule has 1 N–H and O–H groups in total. The fourth-order valence-electron chi connectivity index (χ4n) is 4.81. The molecule has 1 aromatic rings. The number of rotatable bonds is 3. The van der Waals surface area contributed by atoms with E-state index in [0.29, 0.717) is 13.0 Å². The predicted molar refractivity (Wildman–Crippen MR) is 122 cm³/mol. The number of fused-ring (bicyclic) bond motifs is 2. The highest BCUT2D eigenvalue weighted by Crippen LogP contribution is 2.35. The second-order valence-corrected chi connectivity index (χ2v) is 8.87. The number of nitrogens with zero attached hydrogens (tertiary/aromatic N) is 3. The summed E-state index contributed by atoms with van der Waals surface area (Å²) in [6.45, 7) is 4.57. The zero-order valence-corrected chi connectivity index (χ0v) is 19.3. The highest BCUT2D eigenvalue weighted by Gasteiger charge is 2.35. The van der Waals surface area contributed by atoms with Crippen LogP contribution >= 0.6 is 35.3 Å². The molecule has 2 atom stereocenters. The minimum atomic E-state index is 0. The molecular weight excluding hydrogens is 471 g/mol. The Balaban J connectivity index is 0.00000210. The number of likely N-dealkylation sites (tertiary alicyclic amines) is 1. The molecule has 27 heavy (non-hydrogen) atoms. The summed E-state index contributed by atoms with van der Waals surface area (Å²) in [5.74, 6) is 2.92. The van der Waals surface area contributed by atoms with E-state index in [1.54, 1.807) is 0 Å². The largest absolute Gasteiger partial charge is 0.356 e. The van der Waals surface area contributed by atoms with Crippen LogP contribution in [0.5, 0.6) is 0 Å². The maximum absolute atomic E-state index is 12.6. The standard InChI is InChI=1S/C20H30N4OS.HI/c1-21-20(24-12-15-4-2-3-5-16(15)13-24)22-9-6-19(25)23-10-7-18-17(14-23)8-11-26-18;/h8,11,15-16H,2-7,9-10,12-14H2,1H3,(H,21,22);1H. The van der Waals surface area contributed by atoms with Crippen LogP contribution in [0.2, 0.25) is 0 Å². The molecule has 0 bridgehead atoms. The minimum absolute atomic E-state index is 0. The van der Waals surface area contributed by atoms with Gasteiger partial charge >= 0.3 is 0 Å². The number of amides is 1. The van der Waals surface area contributed by atoms with Crippen LogP contribution in [0.1, 0.15) is 42.5 Å². The molecule has 3 heterocycles. The number of nitrogens with one attached hydrogen (secondary N) is 1. The summed E-state index contributed by atoms with van der Waals surface area (Å²) in [5.41, 5.74) is 1.33. The maximum Gasteiger partial charge on any atom is 0.224 e. The molecule has 0 spiro atoms. The van der Waals surface area contributed by atoms with Gasteiger partial charge in [-0.15, -0.1) is 35.3 Å². The van der Waals surface area contributed by atoms with Crippen LogP contribution in [0.4, 0.5) is 0 Å². The van der Waals surface area contributed by atoms with Crippen LogP contribution in [0.25, 0.3) is 0 Å². The summed E-state index contributed by atoms with van der Waals surface area (Å²) in [4.78, 5) is 22.9. The van der Waals surface area contributed by atoms with Crippen molar-refractivity contribution >= 4 is 47.2 Å². The number of hydrogen-bond acceptors (Lipinski definition) is 3. The Bertz CT molecular complexity index is 663. The van der Waals surface area contributed by atoms with Gasteiger partial charge in [-0.3, -0.25) is 9.79 Å². The van der Waals surface area contributed by atoms with Crippen molar-refractivity contribution < 1.29 is 4.79 Å². The molecule has 0 aromatic carbocycles. The van der Waals surface area contributed by atoms with Crippen LogP contribution in [0.15, 0.2) is 16.4 Å². The molecule has 150 valence electrons. The first kappa shape index (κ1) is 20.9. The number of guanidine groups is 1. The lowest BCUT2D eigenvalue weighted by Gasteiger charge is -2.27. The summed E-state index contributed by atoms with van der Waals surface area (Å²) >= 11 is 1.81. The first-order chi connectivity index (χ1) is 12.7. The quantitative estimate of drug-likeness (QED) is 0.392. The van der Waals surface area contributed by atoms with Crippen LogP contribution < -0.4 is 5.32 Å². The number of halogens is 1. The highest BCUT2D eigenvalue weighted by molar-refractivity contribution is 14.0. The van der Waals surface area contributed by atoms with E-state index in [4.69, 9.17) is 0 Å².